The van der Waals surface area contributed by atoms with Gasteiger partial charge in [0, 0.05) is 5.56 Å². The van der Waals surface area contributed by atoms with Gasteiger partial charge >= 0.3 is 0 Å². The van der Waals surface area contributed by atoms with Crippen LogP contribution in [-0.4, -0.2) is 24.3 Å². The van der Waals surface area contributed by atoms with Crippen LogP contribution in [0.2, 0.25) is 0 Å². The minimum absolute atomic E-state index is 0.0402. The smallest absolute Gasteiger partial charge is 0.271 e. The topological polar surface area (TPSA) is 80.2 Å². The minimum Gasteiger partial charge on any atom is -0.504 e. The molecule has 1 amide bonds. The lowest BCUT2D eigenvalue weighted by Crippen LogP contribution is -2.17. The van der Waals surface area contributed by atoms with Gasteiger partial charge in [-0.05, 0) is 60.5 Å². The normalized spacial score (nSPS) is 10.7. The van der Waals surface area contributed by atoms with Crippen molar-refractivity contribution in [1.82, 2.24) is 5.43 Å². The molecule has 0 aliphatic rings. The SMILES string of the molecule is COc1cc(/C=N/NC(=O)c2ccc(OCc3ccc(C)cc3)cc2)ccc1O. The highest BCUT2D eigenvalue weighted by atomic mass is 16.5. The van der Waals surface area contributed by atoms with Gasteiger partial charge in [-0.2, -0.15) is 5.10 Å². The van der Waals surface area contributed by atoms with Gasteiger partial charge in [0.05, 0.1) is 13.3 Å². The molecule has 0 fully saturated rings. The summed E-state index contributed by atoms with van der Waals surface area (Å²) in [7, 11) is 1.46. The maximum absolute atomic E-state index is 12.2. The summed E-state index contributed by atoms with van der Waals surface area (Å²) in [4.78, 5) is 12.2. The van der Waals surface area contributed by atoms with Crippen LogP contribution >= 0.6 is 0 Å². The Kier molecular flexibility index (Phi) is 6.47. The number of phenols is 1. The zero-order chi connectivity index (χ0) is 20.6. The highest BCUT2D eigenvalue weighted by Crippen LogP contribution is 2.25. The molecule has 0 radical (unpaired) electrons. The van der Waals surface area contributed by atoms with Crippen LogP contribution in [0.4, 0.5) is 0 Å². The van der Waals surface area contributed by atoms with Crippen molar-refractivity contribution in [2.45, 2.75) is 13.5 Å². The molecule has 3 aromatic carbocycles. The molecule has 3 aromatic rings. The van der Waals surface area contributed by atoms with Crippen molar-refractivity contribution >= 4 is 12.1 Å². The maximum Gasteiger partial charge on any atom is 0.271 e. The number of hydrogen-bond acceptors (Lipinski definition) is 5. The summed E-state index contributed by atoms with van der Waals surface area (Å²) in [6.07, 6.45) is 1.47. The predicted molar refractivity (Wildman–Crippen MR) is 112 cm³/mol. The molecule has 6 nitrogen and oxygen atoms in total. The number of methoxy groups -OCH3 is 1. The van der Waals surface area contributed by atoms with Crippen molar-refractivity contribution < 1.29 is 19.4 Å². The molecule has 0 aliphatic carbocycles. The Morgan fingerprint density at radius 3 is 2.48 bits per heavy atom. The second-order valence-corrected chi connectivity index (χ2v) is 6.43. The van der Waals surface area contributed by atoms with E-state index in [4.69, 9.17) is 9.47 Å². The van der Waals surface area contributed by atoms with E-state index in [-0.39, 0.29) is 11.7 Å². The number of aryl methyl sites for hydroxylation is 1. The van der Waals surface area contributed by atoms with E-state index in [0.717, 1.165) is 5.56 Å². The average molecular weight is 390 g/mol. The molecule has 6 heteroatoms. The summed E-state index contributed by atoms with van der Waals surface area (Å²) in [6, 6.07) is 19.8. The van der Waals surface area contributed by atoms with Crippen LogP contribution in [0.1, 0.15) is 27.0 Å². The number of nitrogens with one attached hydrogen (secondary N) is 1. The molecule has 0 saturated heterocycles. The van der Waals surface area contributed by atoms with E-state index in [1.807, 2.05) is 31.2 Å². The number of carbonyl (C=O) groups is 1. The molecule has 0 bridgehead atoms. The summed E-state index contributed by atoms with van der Waals surface area (Å²) < 4.78 is 10.8. The molecule has 0 unspecified atom stereocenters. The number of nitrogens with zero attached hydrogens (tertiary/aromatic N) is 1. The third kappa shape index (κ3) is 5.59. The Balaban J connectivity index is 1.54. The van der Waals surface area contributed by atoms with Gasteiger partial charge in [0.25, 0.3) is 5.91 Å². The second-order valence-electron chi connectivity index (χ2n) is 6.43. The van der Waals surface area contributed by atoms with Gasteiger partial charge in [0.2, 0.25) is 0 Å². The quantitative estimate of drug-likeness (QED) is 0.471. The molecular weight excluding hydrogens is 368 g/mol. The van der Waals surface area contributed by atoms with E-state index < -0.39 is 0 Å². The molecular formula is C23H22N2O4. The molecule has 0 spiro atoms. The van der Waals surface area contributed by atoms with Crippen LogP contribution in [0.25, 0.3) is 0 Å². The number of carbonyl (C=O) groups excluding carboxylic acids is 1. The van der Waals surface area contributed by atoms with Gasteiger partial charge in [-0.15, -0.1) is 0 Å². The summed E-state index contributed by atoms with van der Waals surface area (Å²) >= 11 is 0. The van der Waals surface area contributed by atoms with Gasteiger partial charge in [-0.25, -0.2) is 5.43 Å². The number of aromatic hydroxyl groups is 1. The van der Waals surface area contributed by atoms with Gasteiger partial charge in [0.15, 0.2) is 11.5 Å². The number of phenolic OH excluding ortho intramolecular Hbond substituents is 1. The zero-order valence-electron chi connectivity index (χ0n) is 16.3. The number of amides is 1. The highest BCUT2D eigenvalue weighted by Gasteiger charge is 2.05. The Morgan fingerprint density at radius 1 is 1.07 bits per heavy atom. The molecule has 148 valence electrons. The molecule has 0 saturated carbocycles. The van der Waals surface area contributed by atoms with Crippen molar-refractivity contribution in [2.24, 2.45) is 5.10 Å². The molecule has 0 atom stereocenters. The second kappa shape index (κ2) is 9.41. The van der Waals surface area contributed by atoms with Crippen LogP contribution in [-0.2, 0) is 6.61 Å². The standard InChI is InChI=1S/C23H22N2O4/c1-16-3-5-17(6-4-16)15-29-20-10-8-19(9-11-20)23(27)25-24-14-18-7-12-21(26)22(13-18)28-2/h3-14,26H,15H2,1-2H3,(H,25,27)/b24-14+. The Morgan fingerprint density at radius 2 is 1.79 bits per heavy atom. The fourth-order valence-electron chi connectivity index (χ4n) is 2.56. The van der Waals surface area contributed by atoms with Crippen LogP contribution in [0.5, 0.6) is 17.2 Å². The van der Waals surface area contributed by atoms with Gasteiger partial charge in [0.1, 0.15) is 12.4 Å². The maximum atomic E-state index is 12.2. The Hall–Kier alpha value is -3.80. The predicted octanol–water partition coefficient (Wildman–Crippen LogP) is 4.05. The first kappa shape index (κ1) is 19.9. The van der Waals surface area contributed by atoms with Crippen molar-refractivity contribution in [3.05, 3.63) is 89.0 Å². The van der Waals surface area contributed by atoms with Gasteiger partial charge in [-0.1, -0.05) is 29.8 Å². The molecule has 0 heterocycles. The lowest BCUT2D eigenvalue weighted by molar-refractivity contribution is 0.0955. The average Bonchev–Trinajstić information content (AvgIpc) is 2.75. The molecule has 0 aromatic heterocycles. The third-order valence-electron chi connectivity index (χ3n) is 4.23. The first-order valence-electron chi connectivity index (χ1n) is 9.04. The van der Waals surface area contributed by atoms with Crippen LogP contribution in [0.15, 0.2) is 71.8 Å². The largest absolute Gasteiger partial charge is 0.504 e. The zero-order valence-corrected chi connectivity index (χ0v) is 16.3. The van der Waals surface area contributed by atoms with E-state index in [0.29, 0.717) is 29.2 Å². The molecule has 2 N–H and O–H groups in total. The molecule has 3 rings (SSSR count). The monoisotopic (exact) mass is 390 g/mol. The van der Waals surface area contributed by atoms with Crippen molar-refractivity contribution in [3.8, 4) is 17.2 Å². The van der Waals surface area contributed by atoms with Crippen LogP contribution < -0.4 is 14.9 Å². The van der Waals surface area contributed by atoms with Gasteiger partial charge < -0.3 is 14.6 Å². The summed E-state index contributed by atoms with van der Waals surface area (Å²) in [5.74, 6) is 0.721. The van der Waals surface area contributed by atoms with Crippen LogP contribution in [0, 0.1) is 6.92 Å². The minimum atomic E-state index is -0.336. The lowest BCUT2D eigenvalue weighted by atomic mass is 10.2. The van der Waals surface area contributed by atoms with Crippen molar-refractivity contribution in [2.75, 3.05) is 7.11 Å². The fraction of sp³-hybridized carbons (Fsp3) is 0.130. The third-order valence-corrected chi connectivity index (χ3v) is 4.23. The number of rotatable bonds is 7. The van der Waals surface area contributed by atoms with E-state index in [1.54, 1.807) is 36.4 Å². The summed E-state index contributed by atoms with van der Waals surface area (Å²) in [6.45, 7) is 2.51. The van der Waals surface area contributed by atoms with E-state index in [1.165, 1.54) is 25.0 Å². The Bertz CT molecular complexity index is 996. The lowest BCUT2D eigenvalue weighted by Gasteiger charge is -2.07. The van der Waals surface area contributed by atoms with E-state index >= 15 is 0 Å². The van der Waals surface area contributed by atoms with E-state index in [9.17, 15) is 9.90 Å². The number of hydrogen-bond donors (Lipinski definition) is 2. The Labute approximate surface area is 169 Å². The molecule has 29 heavy (non-hydrogen) atoms. The number of benzene rings is 3. The van der Waals surface area contributed by atoms with Crippen molar-refractivity contribution in [1.29, 1.82) is 0 Å². The van der Waals surface area contributed by atoms with Crippen LogP contribution in [0.3, 0.4) is 0 Å². The molecule has 0 aliphatic heterocycles. The summed E-state index contributed by atoms with van der Waals surface area (Å²) in [5, 5.41) is 13.5. The highest BCUT2D eigenvalue weighted by molar-refractivity contribution is 5.95. The first-order valence-corrected chi connectivity index (χ1v) is 9.04. The summed E-state index contributed by atoms with van der Waals surface area (Å²) in [5.41, 5.74) is 5.90. The fourth-order valence-corrected chi connectivity index (χ4v) is 2.56. The number of hydrazone groups is 1. The van der Waals surface area contributed by atoms with E-state index in [2.05, 4.69) is 10.5 Å². The van der Waals surface area contributed by atoms with Gasteiger partial charge in [-0.3, -0.25) is 4.79 Å². The van der Waals surface area contributed by atoms with Crippen molar-refractivity contribution in [3.63, 3.8) is 0 Å². The number of ether oxygens (including phenoxy) is 2. The first-order chi connectivity index (χ1) is 14.0.